The van der Waals surface area contributed by atoms with E-state index in [9.17, 15) is 13.2 Å². The second-order valence-corrected chi connectivity index (χ2v) is 6.32. The number of guanidine groups is 1. The quantitative estimate of drug-likeness (QED) is 0.387. The average Bonchev–Trinajstić information content (AvgIpc) is 2.71. The summed E-state index contributed by atoms with van der Waals surface area (Å²) in [5, 5.41) is 9.34. The van der Waals surface area contributed by atoms with Gasteiger partial charge in [0.15, 0.2) is 5.96 Å². The van der Waals surface area contributed by atoms with E-state index in [-0.39, 0.29) is 12.0 Å². The molecule has 1 aromatic carbocycles. The van der Waals surface area contributed by atoms with Gasteiger partial charge in [-0.3, -0.25) is 4.99 Å². The van der Waals surface area contributed by atoms with E-state index in [1.807, 2.05) is 31.2 Å². The minimum absolute atomic E-state index is 0.0671. The van der Waals surface area contributed by atoms with Crippen molar-refractivity contribution < 1.29 is 17.9 Å². The zero-order valence-corrected chi connectivity index (χ0v) is 16.0. The third-order valence-corrected chi connectivity index (χ3v) is 4.22. The predicted octanol–water partition coefficient (Wildman–Crippen LogP) is 2.99. The van der Waals surface area contributed by atoms with Crippen LogP contribution in [0.4, 0.5) is 19.1 Å². The van der Waals surface area contributed by atoms with Crippen molar-refractivity contribution in [3.05, 3.63) is 47.8 Å². The fraction of sp³-hybridized carbons (Fsp3) is 0.421. The fourth-order valence-electron chi connectivity index (χ4n) is 2.91. The van der Waals surface area contributed by atoms with Gasteiger partial charge in [0.1, 0.15) is 11.4 Å². The predicted molar refractivity (Wildman–Crippen MR) is 104 cm³/mol. The number of hydrogen-bond donors (Lipinski definition) is 3. The first-order chi connectivity index (χ1) is 14.0. The molecule has 0 spiro atoms. The number of ether oxygens (including phenoxy) is 1. The highest BCUT2D eigenvalue weighted by atomic mass is 19.4. The molecule has 29 heavy (non-hydrogen) atoms. The van der Waals surface area contributed by atoms with Gasteiger partial charge >= 0.3 is 6.18 Å². The van der Waals surface area contributed by atoms with Gasteiger partial charge in [-0.15, -0.1) is 0 Å². The normalized spacial score (nSPS) is 16.6. The minimum Gasteiger partial charge on any atom is -0.493 e. The van der Waals surface area contributed by atoms with E-state index in [4.69, 9.17) is 4.74 Å². The molecule has 1 atom stereocenters. The van der Waals surface area contributed by atoms with Crippen molar-refractivity contribution in [2.75, 3.05) is 31.6 Å². The lowest BCUT2D eigenvalue weighted by Crippen LogP contribution is -2.41. The molecule has 7 nitrogen and oxygen atoms in total. The third kappa shape index (κ3) is 5.72. The Kier molecular flexibility index (Phi) is 6.73. The number of rotatable bonds is 6. The highest BCUT2D eigenvalue weighted by Gasteiger charge is 2.32. The van der Waals surface area contributed by atoms with Gasteiger partial charge in [0.05, 0.1) is 19.2 Å². The van der Waals surface area contributed by atoms with Crippen molar-refractivity contribution in [2.45, 2.75) is 25.6 Å². The molecular formula is C19H23F3N6O. The molecule has 0 amide bonds. The van der Waals surface area contributed by atoms with Gasteiger partial charge in [-0.2, -0.15) is 13.2 Å². The summed E-state index contributed by atoms with van der Waals surface area (Å²) < 4.78 is 43.8. The van der Waals surface area contributed by atoms with Crippen LogP contribution >= 0.6 is 0 Å². The number of para-hydroxylation sites is 1. The summed E-state index contributed by atoms with van der Waals surface area (Å²) in [5.41, 5.74) is 0.0894. The highest BCUT2D eigenvalue weighted by molar-refractivity contribution is 5.80. The zero-order chi connectivity index (χ0) is 20.7. The van der Waals surface area contributed by atoms with Crippen LogP contribution in [0.15, 0.2) is 41.5 Å². The lowest BCUT2D eigenvalue weighted by atomic mass is 10.0. The second-order valence-electron chi connectivity index (χ2n) is 6.32. The van der Waals surface area contributed by atoms with Crippen LogP contribution < -0.4 is 20.7 Å². The van der Waals surface area contributed by atoms with E-state index < -0.39 is 11.9 Å². The maximum absolute atomic E-state index is 12.7. The molecule has 1 aliphatic rings. The van der Waals surface area contributed by atoms with Crippen molar-refractivity contribution in [3.63, 3.8) is 0 Å². The molecule has 0 fully saturated rings. The SMILES string of the molecule is CCNC(=NCCNc1nccc(C(F)(F)F)n1)NC1CCOc2ccccc21. The molecule has 0 aliphatic carbocycles. The summed E-state index contributed by atoms with van der Waals surface area (Å²) in [6.45, 7) is 3.88. The first kappa shape index (κ1) is 20.7. The number of halogens is 3. The topological polar surface area (TPSA) is 83.5 Å². The van der Waals surface area contributed by atoms with E-state index in [0.717, 1.165) is 30.0 Å². The molecule has 2 aromatic rings. The van der Waals surface area contributed by atoms with Gasteiger partial charge in [-0.25, -0.2) is 9.97 Å². The summed E-state index contributed by atoms with van der Waals surface area (Å²) in [6, 6.07) is 8.75. The number of alkyl halides is 3. The Morgan fingerprint density at radius 1 is 1.28 bits per heavy atom. The molecule has 0 saturated heterocycles. The highest BCUT2D eigenvalue weighted by Crippen LogP contribution is 2.31. The number of nitrogens with one attached hydrogen (secondary N) is 3. The number of hydrogen-bond acceptors (Lipinski definition) is 5. The Bertz CT molecular complexity index is 843. The van der Waals surface area contributed by atoms with Crippen LogP contribution in [-0.4, -0.2) is 42.2 Å². The van der Waals surface area contributed by atoms with Gasteiger partial charge in [0.25, 0.3) is 0 Å². The Morgan fingerprint density at radius 3 is 2.90 bits per heavy atom. The van der Waals surface area contributed by atoms with Gasteiger partial charge in [0.2, 0.25) is 5.95 Å². The van der Waals surface area contributed by atoms with Crippen LogP contribution in [0.5, 0.6) is 5.75 Å². The van der Waals surface area contributed by atoms with E-state index in [2.05, 4.69) is 30.9 Å². The summed E-state index contributed by atoms with van der Waals surface area (Å²) in [6.07, 6.45) is -2.62. The van der Waals surface area contributed by atoms with Crippen LogP contribution in [-0.2, 0) is 6.18 Å². The van der Waals surface area contributed by atoms with Crippen molar-refractivity contribution in [2.24, 2.45) is 4.99 Å². The number of nitrogens with zero attached hydrogens (tertiary/aromatic N) is 3. The van der Waals surface area contributed by atoms with Gasteiger partial charge < -0.3 is 20.7 Å². The van der Waals surface area contributed by atoms with Gasteiger partial charge in [-0.1, -0.05) is 18.2 Å². The number of aliphatic imine (C=N–C) groups is 1. The zero-order valence-electron chi connectivity index (χ0n) is 16.0. The molecule has 3 rings (SSSR count). The second kappa shape index (κ2) is 9.44. The summed E-state index contributed by atoms with van der Waals surface area (Å²) in [4.78, 5) is 11.8. The van der Waals surface area contributed by atoms with Crippen molar-refractivity contribution >= 4 is 11.9 Å². The Hall–Kier alpha value is -3.04. The maximum Gasteiger partial charge on any atom is 0.433 e. The molecule has 10 heteroatoms. The average molecular weight is 408 g/mol. The van der Waals surface area contributed by atoms with E-state index in [1.54, 1.807) is 0 Å². The Morgan fingerprint density at radius 2 is 2.10 bits per heavy atom. The summed E-state index contributed by atoms with van der Waals surface area (Å²) >= 11 is 0. The van der Waals surface area contributed by atoms with Gasteiger partial charge in [-0.05, 0) is 19.1 Å². The van der Waals surface area contributed by atoms with E-state index in [1.165, 1.54) is 0 Å². The molecule has 0 bridgehead atoms. The fourth-order valence-corrected chi connectivity index (χ4v) is 2.91. The van der Waals surface area contributed by atoms with Crippen LogP contribution in [0.2, 0.25) is 0 Å². The third-order valence-electron chi connectivity index (χ3n) is 4.22. The molecule has 2 heterocycles. The summed E-state index contributed by atoms with van der Waals surface area (Å²) in [7, 11) is 0. The molecule has 1 aromatic heterocycles. The van der Waals surface area contributed by atoms with Crippen molar-refractivity contribution in [1.82, 2.24) is 20.6 Å². The number of benzene rings is 1. The van der Waals surface area contributed by atoms with Crippen LogP contribution in [0.25, 0.3) is 0 Å². The van der Waals surface area contributed by atoms with Crippen LogP contribution in [0.1, 0.15) is 30.6 Å². The number of anilines is 1. The standard InChI is InChI=1S/C19H23F3N6O/c1-2-23-17(27-14-8-12-29-15-6-4-3-5-13(14)15)25-10-11-26-18-24-9-7-16(28-18)19(20,21)22/h3-7,9,14H,2,8,10-12H2,1H3,(H2,23,25,27)(H,24,26,28). The molecule has 3 N–H and O–H groups in total. The Balaban J connectivity index is 1.58. The molecule has 0 radical (unpaired) electrons. The van der Waals surface area contributed by atoms with E-state index in [0.29, 0.717) is 32.2 Å². The van der Waals surface area contributed by atoms with E-state index >= 15 is 0 Å². The van der Waals surface area contributed by atoms with Crippen molar-refractivity contribution in [1.29, 1.82) is 0 Å². The molecule has 0 saturated carbocycles. The number of fused-ring (bicyclic) bond motifs is 1. The minimum atomic E-state index is -4.50. The lowest BCUT2D eigenvalue weighted by Gasteiger charge is -2.28. The van der Waals surface area contributed by atoms with Crippen LogP contribution in [0.3, 0.4) is 0 Å². The van der Waals surface area contributed by atoms with Gasteiger partial charge in [0, 0.05) is 31.3 Å². The monoisotopic (exact) mass is 408 g/mol. The molecule has 156 valence electrons. The maximum atomic E-state index is 12.7. The largest absolute Gasteiger partial charge is 0.493 e. The Labute approximate surface area is 166 Å². The number of aromatic nitrogens is 2. The first-order valence-electron chi connectivity index (χ1n) is 9.38. The lowest BCUT2D eigenvalue weighted by molar-refractivity contribution is -0.141. The molecule has 1 unspecified atom stereocenters. The van der Waals surface area contributed by atoms with Crippen LogP contribution in [0, 0.1) is 0 Å². The molecule has 1 aliphatic heterocycles. The molecular weight excluding hydrogens is 385 g/mol. The smallest absolute Gasteiger partial charge is 0.433 e. The first-order valence-corrected chi connectivity index (χ1v) is 9.38. The summed E-state index contributed by atoms with van der Waals surface area (Å²) in [5.74, 6) is 1.41. The van der Waals surface area contributed by atoms with Crippen molar-refractivity contribution in [3.8, 4) is 5.75 Å².